The lowest BCUT2D eigenvalue weighted by molar-refractivity contribution is -0.150. The maximum Gasteiger partial charge on any atom is 0.169 e. The second kappa shape index (κ2) is 4.73. The highest BCUT2D eigenvalue weighted by molar-refractivity contribution is 9.10. The molecule has 1 aliphatic rings. The first-order chi connectivity index (χ1) is 7.61. The van der Waals surface area contributed by atoms with Crippen LogP contribution in [0.15, 0.2) is 22.7 Å². The summed E-state index contributed by atoms with van der Waals surface area (Å²) in [4.78, 5) is 11.2. The van der Waals surface area contributed by atoms with Crippen LogP contribution in [0, 0.1) is 0 Å². The minimum Gasteiger partial charge on any atom is -0.485 e. The molecule has 2 rings (SSSR count). The third-order valence-corrected chi connectivity index (χ3v) is 3.27. The van der Waals surface area contributed by atoms with Crippen molar-refractivity contribution in [1.29, 1.82) is 0 Å². The zero-order valence-corrected chi connectivity index (χ0v) is 10.9. The lowest BCUT2D eigenvalue weighted by Gasteiger charge is -2.33. The molecule has 1 saturated carbocycles. The Morgan fingerprint density at radius 2 is 2.25 bits per heavy atom. The maximum atomic E-state index is 11.2. The first-order valence-corrected chi connectivity index (χ1v) is 5.96. The Morgan fingerprint density at radius 3 is 2.81 bits per heavy atom. The van der Waals surface area contributed by atoms with Gasteiger partial charge in [-0.2, -0.15) is 0 Å². The molecule has 86 valence electrons. The Labute approximate surface area is 107 Å². The molecule has 1 aliphatic carbocycles. The standard InChI is InChI=1S/C11H10BrClO3/c1-15-11-8(14)5-10(11)16-9-3-2-6(12)4-7(9)13/h2-4,10-11H,5H2,1H3. The van der Waals surface area contributed by atoms with Crippen LogP contribution in [0.25, 0.3) is 0 Å². The van der Waals surface area contributed by atoms with Crippen LogP contribution in [0.3, 0.4) is 0 Å². The van der Waals surface area contributed by atoms with Gasteiger partial charge in [0.2, 0.25) is 0 Å². The van der Waals surface area contributed by atoms with Crippen LogP contribution in [-0.4, -0.2) is 25.1 Å². The molecule has 1 aromatic carbocycles. The van der Waals surface area contributed by atoms with E-state index >= 15 is 0 Å². The van der Waals surface area contributed by atoms with E-state index in [0.29, 0.717) is 17.2 Å². The summed E-state index contributed by atoms with van der Waals surface area (Å²) in [6.45, 7) is 0. The molecule has 5 heteroatoms. The van der Waals surface area contributed by atoms with Crippen LogP contribution >= 0.6 is 27.5 Å². The van der Waals surface area contributed by atoms with Crippen molar-refractivity contribution in [2.24, 2.45) is 0 Å². The van der Waals surface area contributed by atoms with Gasteiger partial charge in [-0.1, -0.05) is 27.5 Å². The molecular formula is C11H10BrClO3. The predicted octanol–water partition coefficient (Wildman–Crippen LogP) is 2.84. The number of ketones is 1. The second-order valence-electron chi connectivity index (χ2n) is 3.56. The average Bonchev–Trinajstić information content (AvgIpc) is 2.21. The molecule has 0 N–H and O–H groups in total. The van der Waals surface area contributed by atoms with E-state index in [2.05, 4.69) is 15.9 Å². The van der Waals surface area contributed by atoms with Crippen molar-refractivity contribution in [3.63, 3.8) is 0 Å². The molecule has 0 saturated heterocycles. The number of hydrogen-bond donors (Lipinski definition) is 0. The SMILES string of the molecule is COC1C(=O)CC1Oc1ccc(Br)cc1Cl. The van der Waals surface area contributed by atoms with Crippen molar-refractivity contribution in [3.8, 4) is 5.75 Å². The minimum atomic E-state index is -0.459. The fourth-order valence-electron chi connectivity index (χ4n) is 1.59. The van der Waals surface area contributed by atoms with Gasteiger partial charge in [0.15, 0.2) is 11.9 Å². The molecule has 0 heterocycles. The lowest BCUT2D eigenvalue weighted by atomic mass is 9.90. The van der Waals surface area contributed by atoms with E-state index in [1.807, 2.05) is 6.07 Å². The van der Waals surface area contributed by atoms with Gasteiger partial charge in [0.25, 0.3) is 0 Å². The van der Waals surface area contributed by atoms with Gasteiger partial charge >= 0.3 is 0 Å². The van der Waals surface area contributed by atoms with Crippen LogP contribution in [0.2, 0.25) is 5.02 Å². The molecule has 0 aliphatic heterocycles. The number of halogens is 2. The summed E-state index contributed by atoms with van der Waals surface area (Å²) in [5, 5.41) is 0.517. The van der Waals surface area contributed by atoms with Gasteiger partial charge in [0, 0.05) is 18.0 Å². The highest BCUT2D eigenvalue weighted by Gasteiger charge is 2.42. The van der Waals surface area contributed by atoms with E-state index in [1.54, 1.807) is 12.1 Å². The summed E-state index contributed by atoms with van der Waals surface area (Å²) < 4.78 is 11.5. The van der Waals surface area contributed by atoms with Crippen LogP contribution < -0.4 is 4.74 Å². The second-order valence-corrected chi connectivity index (χ2v) is 4.88. The molecule has 0 spiro atoms. The molecule has 1 fully saturated rings. The number of carbonyl (C=O) groups excluding carboxylic acids is 1. The van der Waals surface area contributed by atoms with Crippen molar-refractivity contribution in [1.82, 2.24) is 0 Å². The Kier molecular flexibility index (Phi) is 3.52. The fourth-order valence-corrected chi connectivity index (χ4v) is 2.31. The minimum absolute atomic E-state index is 0.0701. The first kappa shape index (κ1) is 11.9. The topological polar surface area (TPSA) is 35.5 Å². The lowest BCUT2D eigenvalue weighted by Crippen LogP contribution is -2.51. The molecule has 1 aromatic rings. The third-order valence-electron chi connectivity index (χ3n) is 2.48. The Morgan fingerprint density at radius 1 is 1.50 bits per heavy atom. The summed E-state index contributed by atoms with van der Waals surface area (Å²) in [5.74, 6) is 0.644. The van der Waals surface area contributed by atoms with Crippen molar-refractivity contribution < 1.29 is 14.3 Å². The highest BCUT2D eigenvalue weighted by atomic mass is 79.9. The maximum absolute atomic E-state index is 11.2. The van der Waals surface area contributed by atoms with E-state index < -0.39 is 6.10 Å². The van der Waals surface area contributed by atoms with E-state index in [0.717, 1.165) is 4.47 Å². The van der Waals surface area contributed by atoms with Crippen LogP contribution in [0.4, 0.5) is 0 Å². The van der Waals surface area contributed by atoms with Gasteiger partial charge in [-0.25, -0.2) is 0 Å². The molecule has 2 unspecified atom stereocenters. The quantitative estimate of drug-likeness (QED) is 0.861. The van der Waals surface area contributed by atoms with Gasteiger partial charge in [-0.15, -0.1) is 0 Å². The third kappa shape index (κ3) is 2.24. The van der Waals surface area contributed by atoms with Gasteiger partial charge in [0.05, 0.1) is 5.02 Å². The molecule has 2 atom stereocenters. The van der Waals surface area contributed by atoms with Crippen molar-refractivity contribution in [3.05, 3.63) is 27.7 Å². The normalized spacial score (nSPS) is 24.1. The van der Waals surface area contributed by atoms with E-state index in [1.165, 1.54) is 7.11 Å². The van der Waals surface area contributed by atoms with Crippen LogP contribution in [-0.2, 0) is 9.53 Å². The zero-order chi connectivity index (χ0) is 11.7. The smallest absolute Gasteiger partial charge is 0.169 e. The van der Waals surface area contributed by atoms with E-state index in [9.17, 15) is 4.79 Å². The Balaban J connectivity index is 2.07. The van der Waals surface area contributed by atoms with E-state index in [4.69, 9.17) is 21.1 Å². The first-order valence-electron chi connectivity index (χ1n) is 4.79. The van der Waals surface area contributed by atoms with Crippen LogP contribution in [0.5, 0.6) is 5.75 Å². The summed E-state index contributed by atoms with van der Waals surface area (Å²) in [5.41, 5.74) is 0. The van der Waals surface area contributed by atoms with Gasteiger partial charge in [-0.05, 0) is 18.2 Å². The van der Waals surface area contributed by atoms with Crippen molar-refractivity contribution in [2.75, 3.05) is 7.11 Å². The number of rotatable bonds is 3. The van der Waals surface area contributed by atoms with E-state index in [-0.39, 0.29) is 11.9 Å². The molecule has 0 radical (unpaired) electrons. The molecule has 0 amide bonds. The molecule has 3 nitrogen and oxygen atoms in total. The number of ether oxygens (including phenoxy) is 2. The van der Waals surface area contributed by atoms with Crippen LogP contribution in [0.1, 0.15) is 6.42 Å². The highest BCUT2D eigenvalue weighted by Crippen LogP contribution is 2.32. The summed E-state index contributed by atoms with van der Waals surface area (Å²) in [6.07, 6.45) is -0.305. The largest absolute Gasteiger partial charge is 0.485 e. The molecular weight excluding hydrogens is 295 g/mol. The van der Waals surface area contributed by atoms with Gasteiger partial charge in [0.1, 0.15) is 11.9 Å². The molecule has 0 bridgehead atoms. The Bertz CT molecular complexity index is 422. The Hall–Kier alpha value is -0.580. The number of hydrogen-bond acceptors (Lipinski definition) is 3. The summed E-state index contributed by atoms with van der Waals surface area (Å²) >= 11 is 9.31. The van der Waals surface area contributed by atoms with Gasteiger partial charge in [-0.3, -0.25) is 4.79 Å². The van der Waals surface area contributed by atoms with Crippen molar-refractivity contribution >= 4 is 33.3 Å². The monoisotopic (exact) mass is 304 g/mol. The molecule has 0 aromatic heterocycles. The predicted molar refractivity (Wildman–Crippen MR) is 64.0 cm³/mol. The molecule has 16 heavy (non-hydrogen) atoms. The number of methoxy groups -OCH3 is 1. The number of benzene rings is 1. The average molecular weight is 306 g/mol. The fraction of sp³-hybridized carbons (Fsp3) is 0.364. The van der Waals surface area contributed by atoms with Crippen molar-refractivity contribution in [2.45, 2.75) is 18.6 Å². The number of carbonyl (C=O) groups is 1. The summed E-state index contributed by atoms with van der Waals surface area (Å²) in [7, 11) is 1.50. The summed E-state index contributed by atoms with van der Waals surface area (Å²) in [6, 6.07) is 5.35. The number of Topliss-reactive ketones (excluding diaryl/α,β-unsaturated/α-hetero) is 1. The van der Waals surface area contributed by atoms with Gasteiger partial charge < -0.3 is 9.47 Å². The zero-order valence-electron chi connectivity index (χ0n) is 8.57.